The summed E-state index contributed by atoms with van der Waals surface area (Å²) in [5, 5.41) is 15.8. The molecular weight excluding hydrogens is 104 g/mol. The molecular formula is C2H4O5. The first kappa shape index (κ1) is 4.95. The SMILES string of the molecule is OC1COOOO1. The van der Waals surface area contributed by atoms with E-state index in [1.54, 1.807) is 0 Å². The van der Waals surface area contributed by atoms with Crippen molar-refractivity contribution in [1.82, 2.24) is 0 Å². The summed E-state index contributed by atoms with van der Waals surface area (Å²) in [6.45, 7) is -0.0278. The predicted molar refractivity (Wildman–Crippen MR) is 15.2 cm³/mol. The highest BCUT2D eigenvalue weighted by molar-refractivity contribution is 4.27. The molecule has 1 atom stereocenters. The van der Waals surface area contributed by atoms with Crippen LogP contribution < -0.4 is 0 Å². The molecule has 0 radical (unpaired) electrons. The minimum Gasteiger partial charge on any atom is -0.364 e. The number of aliphatic hydroxyl groups excluding tert-OH is 1. The van der Waals surface area contributed by atoms with Gasteiger partial charge >= 0.3 is 0 Å². The Hall–Kier alpha value is -0.200. The summed E-state index contributed by atoms with van der Waals surface area (Å²) in [6, 6.07) is 0. The molecule has 1 fully saturated rings. The fraction of sp³-hybridized carbons (Fsp3) is 1.00. The van der Waals surface area contributed by atoms with Gasteiger partial charge in [-0.05, 0) is 10.1 Å². The van der Waals surface area contributed by atoms with Crippen molar-refractivity contribution in [3.63, 3.8) is 0 Å². The Morgan fingerprint density at radius 2 is 2.29 bits per heavy atom. The Morgan fingerprint density at radius 1 is 1.43 bits per heavy atom. The largest absolute Gasteiger partial charge is 0.364 e. The van der Waals surface area contributed by atoms with Gasteiger partial charge in [0.1, 0.15) is 6.61 Å². The van der Waals surface area contributed by atoms with Gasteiger partial charge in [-0.1, -0.05) is 0 Å². The molecule has 5 heteroatoms. The number of aliphatic hydroxyl groups is 1. The molecule has 0 spiro atoms. The van der Waals surface area contributed by atoms with E-state index in [1.807, 2.05) is 0 Å². The second-order valence-corrected chi connectivity index (χ2v) is 0.971. The van der Waals surface area contributed by atoms with Crippen LogP contribution in [0.2, 0.25) is 0 Å². The highest BCUT2D eigenvalue weighted by Crippen LogP contribution is 1.97. The van der Waals surface area contributed by atoms with Crippen molar-refractivity contribution in [2.45, 2.75) is 6.29 Å². The average Bonchev–Trinajstić information content (AvgIpc) is 1.69. The Kier molecular flexibility index (Phi) is 1.55. The third-order valence-electron chi connectivity index (χ3n) is 0.437. The molecule has 1 unspecified atom stereocenters. The molecule has 0 amide bonds. The van der Waals surface area contributed by atoms with E-state index < -0.39 is 6.29 Å². The number of hydrogen-bond donors (Lipinski definition) is 1. The summed E-state index contributed by atoms with van der Waals surface area (Å²) < 4.78 is 0. The average molecular weight is 108 g/mol. The first-order chi connectivity index (χ1) is 3.39. The molecule has 0 aromatic heterocycles. The first-order valence-corrected chi connectivity index (χ1v) is 1.69. The van der Waals surface area contributed by atoms with Crippen LogP contribution >= 0.6 is 0 Å². The van der Waals surface area contributed by atoms with E-state index in [4.69, 9.17) is 5.11 Å². The molecule has 1 rings (SSSR count). The van der Waals surface area contributed by atoms with E-state index in [-0.39, 0.29) is 6.61 Å². The van der Waals surface area contributed by atoms with E-state index in [2.05, 4.69) is 19.9 Å². The van der Waals surface area contributed by atoms with Crippen molar-refractivity contribution in [3.8, 4) is 0 Å². The third kappa shape index (κ3) is 1.38. The zero-order valence-electron chi connectivity index (χ0n) is 3.36. The van der Waals surface area contributed by atoms with Crippen molar-refractivity contribution in [3.05, 3.63) is 0 Å². The molecule has 1 saturated heterocycles. The Bertz CT molecular complexity index is 48.0. The lowest BCUT2D eigenvalue weighted by molar-refractivity contribution is -0.689. The monoisotopic (exact) mass is 108 g/mol. The van der Waals surface area contributed by atoms with Crippen LogP contribution in [0, 0.1) is 0 Å². The van der Waals surface area contributed by atoms with Gasteiger partial charge in [-0.2, -0.15) is 9.78 Å². The van der Waals surface area contributed by atoms with E-state index in [9.17, 15) is 0 Å². The standard InChI is InChI=1S/C2H4O5/c3-2-1-4-6-7-5-2/h2-3H,1H2. The second kappa shape index (κ2) is 2.20. The molecule has 42 valence electrons. The maximum atomic E-state index is 8.36. The number of rotatable bonds is 0. The highest BCUT2D eigenvalue weighted by atomic mass is 17.7. The Balaban J connectivity index is 2.12. The van der Waals surface area contributed by atoms with Gasteiger partial charge in [-0.25, -0.2) is 0 Å². The van der Waals surface area contributed by atoms with Gasteiger partial charge in [-0.3, -0.25) is 0 Å². The van der Waals surface area contributed by atoms with Crippen LogP contribution in [0.25, 0.3) is 0 Å². The van der Waals surface area contributed by atoms with Gasteiger partial charge < -0.3 is 5.11 Å². The smallest absolute Gasteiger partial charge is 0.219 e. The lowest BCUT2D eigenvalue weighted by Gasteiger charge is -2.12. The highest BCUT2D eigenvalue weighted by Gasteiger charge is 2.11. The van der Waals surface area contributed by atoms with Crippen molar-refractivity contribution in [2.24, 2.45) is 0 Å². The van der Waals surface area contributed by atoms with Gasteiger partial charge in [0, 0.05) is 0 Å². The summed E-state index contributed by atoms with van der Waals surface area (Å²) in [5.41, 5.74) is 0. The quantitative estimate of drug-likeness (QED) is 0.409. The molecule has 5 nitrogen and oxygen atoms in total. The fourth-order valence-corrected chi connectivity index (χ4v) is 0.195. The summed E-state index contributed by atoms with van der Waals surface area (Å²) in [4.78, 5) is 8.07. The van der Waals surface area contributed by atoms with Crippen LogP contribution in [-0.2, 0) is 19.9 Å². The van der Waals surface area contributed by atoms with Crippen molar-refractivity contribution in [2.75, 3.05) is 6.61 Å². The first-order valence-electron chi connectivity index (χ1n) is 1.69. The molecule has 0 saturated carbocycles. The summed E-state index contributed by atoms with van der Waals surface area (Å²) in [7, 11) is 0. The van der Waals surface area contributed by atoms with Crippen molar-refractivity contribution < 1.29 is 25.0 Å². The second-order valence-electron chi connectivity index (χ2n) is 0.971. The van der Waals surface area contributed by atoms with Gasteiger partial charge in [-0.15, -0.1) is 0 Å². The minimum absolute atomic E-state index is 0.0278. The van der Waals surface area contributed by atoms with Gasteiger partial charge in [0.2, 0.25) is 6.29 Å². The minimum atomic E-state index is -1.03. The maximum absolute atomic E-state index is 8.36. The predicted octanol–water partition coefficient (Wildman–Crippen LogP) is -0.870. The van der Waals surface area contributed by atoms with Crippen molar-refractivity contribution in [1.29, 1.82) is 0 Å². The molecule has 1 aliphatic heterocycles. The van der Waals surface area contributed by atoms with Crippen LogP contribution in [0.5, 0.6) is 0 Å². The van der Waals surface area contributed by atoms with E-state index >= 15 is 0 Å². The zero-order valence-corrected chi connectivity index (χ0v) is 3.36. The molecule has 7 heavy (non-hydrogen) atoms. The van der Waals surface area contributed by atoms with E-state index in [0.29, 0.717) is 0 Å². The van der Waals surface area contributed by atoms with E-state index in [1.165, 1.54) is 0 Å². The lowest BCUT2D eigenvalue weighted by atomic mass is 10.7. The lowest BCUT2D eigenvalue weighted by Crippen LogP contribution is -2.24. The molecule has 0 aromatic carbocycles. The Labute approximate surface area is 39.1 Å². The normalized spacial score (nSPS) is 33.0. The van der Waals surface area contributed by atoms with Crippen LogP contribution in [0.3, 0.4) is 0 Å². The molecule has 1 N–H and O–H groups in total. The van der Waals surface area contributed by atoms with Crippen molar-refractivity contribution >= 4 is 0 Å². The molecule has 0 aliphatic carbocycles. The summed E-state index contributed by atoms with van der Waals surface area (Å²) in [5.74, 6) is 0. The van der Waals surface area contributed by atoms with Crippen LogP contribution in [-0.4, -0.2) is 18.0 Å². The topological polar surface area (TPSA) is 57.2 Å². The maximum Gasteiger partial charge on any atom is 0.219 e. The molecule has 1 aliphatic rings. The molecule has 0 aromatic rings. The van der Waals surface area contributed by atoms with Crippen LogP contribution in [0.1, 0.15) is 0 Å². The Morgan fingerprint density at radius 3 is 2.57 bits per heavy atom. The van der Waals surface area contributed by atoms with E-state index in [0.717, 1.165) is 0 Å². The number of hydrogen-bond acceptors (Lipinski definition) is 5. The van der Waals surface area contributed by atoms with Gasteiger partial charge in [0.25, 0.3) is 0 Å². The van der Waals surface area contributed by atoms with Gasteiger partial charge in [0.05, 0.1) is 0 Å². The summed E-state index contributed by atoms with van der Waals surface area (Å²) >= 11 is 0. The van der Waals surface area contributed by atoms with Crippen LogP contribution in [0.15, 0.2) is 0 Å². The third-order valence-corrected chi connectivity index (χ3v) is 0.437. The fourth-order valence-electron chi connectivity index (χ4n) is 0.195. The van der Waals surface area contributed by atoms with Gasteiger partial charge in [0.15, 0.2) is 0 Å². The summed E-state index contributed by atoms with van der Waals surface area (Å²) in [6.07, 6.45) is -1.03. The molecule has 1 heterocycles. The zero-order chi connectivity index (χ0) is 5.11. The van der Waals surface area contributed by atoms with Crippen LogP contribution in [0.4, 0.5) is 0 Å². The molecule has 0 bridgehead atoms.